The van der Waals surface area contributed by atoms with E-state index in [1.54, 1.807) is 6.08 Å². The van der Waals surface area contributed by atoms with E-state index in [-0.39, 0.29) is 12.0 Å². The van der Waals surface area contributed by atoms with Gasteiger partial charge in [-0.1, -0.05) is 30.9 Å². The SMILES string of the molecule is C=Cc1cccc2c1CN(C(=O)O)C2.COC(=O)C1CCCN1. The molecule has 1 atom stereocenters. The van der Waals surface area contributed by atoms with Crippen molar-refractivity contribution in [1.82, 2.24) is 10.2 Å². The van der Waals surface area contributed by atoms with Gasteiger partial charge in [0.15, 0.2) is 0 Å². The number of fused-ring (bicyclic) bond motifs is 1. The van der Waals surface area contributed by atoms with Gasteiger partial charge in [-0.05, 0) is 36.1 Å². The number of methoxy groups -OCH3 is 1. The van der Waals surface area contributed by atoms with Gasteiger partial charge in [-0.2, -0.15) is 0 Å². The number of carbonyl (C=O) groups is 2. The predicted molar refractivity (Wildman–Crippen MR) is 86.8 cm³/mol. The van der Waals surface area contributed by atoms with Gasteiger partial charge in [0.25, 0.3) is 0 Å². The molecule has 0 saturated carbocycles. The minimum Gasteiger partial charge on any atom is -0.468 e. The van der Waals surface area contributed by atoms with Crippen LogP contribution in [0.2, 0.25) is 0 Å². The highest BCUT2D eigenvalue weighted by atomic mass is 16.5. The molecule has 6 heteroatoms. The first-order valence-electron chi connectivity index (χ1n) is 7.59. The second-order valence-electron chi connectivity index (χ2n) is 5.50. The Morgan fingerprint density at radius 2 is 2.22 bits per heavy atom. The summed E-state index contributed by atoms with van der Waals surface area (Å²) in [7, 11) is 1.42. The molecular weight excluding hydrogens is 296 g/mol. The van der Waals surface area contributed by atoms with Crippen LogP contribution >= 0.6 is 0 Å². The van der Waals surface area contributed by atoms with Gasteiger partial charge in [-0.25, -0.2) is 4.79 Å². The number of nitrogens with zero attached hydrogens (tertiary/aromatic N) is 1. The Labute approximate surface area is 135 Å². The standard InChI is InChI=1S/C11H11NO2.C6H11NO2/c1-2-8-4-3-5-9-6-12(11(13)14)7-10(8)9;1-9-6(8)5-3-2-4-7-5/h2-5H,1,6-7H2,(H,13,14);5,7H,2-4H2,1H3. The number of hydrogen-bond acceptors (Lipinski definition) is 4. The highest BCUT2D eigenvalue weighted by Crippen LogP contribution is 2.26. The summed E-state index contributed by atoms with van der Waals surface area (Å²) in [6, 6.07) is 5.82. The summed E-state index contributed by atoms with van der Waals surface area (Å²) in [6.07, 6.45) is 2.91. The predicted octanol–water partition coefficient (Wildman–Crippen LogP) is 2.23. The van der Waals surface area contributed by atoms with E-state index < -0.39 is 6.09 Å². The number of carboxylic acid groups (broad SMARTS) is 1. The molecule has 0 spiro atoms. The number of amides is 1. The van der Waals surface area contributed by atoms with Gasteiger partial charge in [0.05, 0.1) is 13.7 Å². The Balaban J connectivity index is 0.000000185. The molecule has 0 radical (unpaired) electrons. The van der Waals surface area contributed by atoms with Gasteiger partial charge in [0.2, 0.25) is 0 Å². The number of nitrogens with one attached hydrogen (secondary N) is 1. The van der Waals surface area contributed by atoms with Gasteiger partial charge < -0.3 is 15.2 Å². The van der Waals surface area contributed by atoms with Crippen molar-refractivity contribution in [3.8, 4) is 0 Å². The largest absolute Gasteiger partial charge is 0.468 e. The Morgan fingerprint density at radius 1 is 1.43 bits per heavy atom. The van der Waals surface area contributed by atoms with Crippen LogP contribution in [0.1, 0.15) is 29.5 Å². The number of carbonyl (C=O) groups excluding carboxylic acids is 1. The molecule has 3 rings (SSSR count). The summed E-state index contributed by atoms with van der Waals surface area (Å²) in [5, 5.41) is 11.9. The van der Waals surface area contributed by atoms with Gasteiger partial charge >= 0.3 is 12.1 Å². The fourth-order valence-corrected chi connectivity index (χ4v) is 2.80. The molecule has 0 bridgehead atoms. The molecular formula is C17H22N2O4. The minimum atomic E-state index is -0.865. The first-order chi connectivity index (χ1) is 11.1. The van der Waals surface area contributed by atoms with E-state index in [4.69, 9.17) is 5.11 Å². The molecule has 124 valence electrons. The van der Waals surface area contributed by atoms with Crippen molar-refractivity contribution in [2.45, 2.75) is 32.0 Å². The number of ether oxygens (including phenoxy) is 1. The lowest BCUT2D eigenvalue weighted by atomic mass is 10.0. The van der Waals surface area contributed by atoms with E-state index in [1.807, 2.05) is 18.2 Å². The molecule has 2 aliphatic rings. The summed E-state index contributed by atoms with van der Waals surface area (Å²) in [4.78, 5) is 22.9. The summed E-state index contributed by atoms with van der Waals surface area (Å²) in [6.45, 7) is 5.63. The third-order valence-electron chi connectivity index (χ3n) is 4.06. The normalized spacial score (nSPS) is 18.7. The lowest BCUT2D eigenvalue weighted by Crippen LogP contribution is -2.31. The van der Waals surface area contributed by atoms with Crippen LogP contribution in [0.15, 0.2) is 24.8 Å². The van der Waals surface area contributed by atoms with E-state index in [9.17, 15) is 9.59 Å². The quantitative estimate of drug-likeness (QED) is 0.818. The van der Waals surface area contributed by atoms with Crippen molar-refractivity contribution < 1.29 is 19.4 Å². The maximum Gasteiger partial charge on any atom is 0.407 e. The third kappa shape index (κ3) is 4.10. The van der Waals surface area contributed by atoms with Gasteiger partial charge in [-0.3, -0.25) is 9.69 Å². The average molecular weight is 318 g/mol. The number of hydrogen-bond donors (Lipinski definition) is 2. The fourth-order valence-electron chi connectivity index (χ4n) is 2.80. The van der Waals surface area contributed by atoms with E-state index in [1.165, 1.54) is 12.0 Å². The van der Waals surface area contributed by atoms with Crippen molar-refractivity contribution >= 4 is 18.1 Å². The highest BCUT2D eigenvalue weighted by molar-refractivity contribution is 5.75. The molecule has 2 aliphatic heterocycles. The topological polar surface area (TPSA) is 78.9 Å². The molecule has 2 heterocycles. The van der Waals surface area contributed by atoms with Crippen molar-refractivity contribution in [3.05, 3.63) is 41.5 Å². The summed E-state index contributed by atoms with van der Waals surface area (Å²) in [5.74, 6) is -0.132. The first kappa shape index (κ1) is 17.0. The molecule has 0 aromatic heterocycles. The summed E-state index contributed by atoms with van der Waals surface area (Å²) in [5.41, 5.74) is 3.21. The monoisotopic (exact) mass is 318 g/mol. The van der Waals surface area contributed by atoms with Crippen LogP contribution in [-0.4, -0.2) is 41.8 Å². The van der Waals surface area contributed by atoms with Gasteiger partial charge in [0.1, 0.15) is 6.04 Å². The van der Waals surface area contributed by atoms with Crippen molar-refractivity contribution in [1.29, 1.82) is 0 Å². The highest BCUT2D eigenvalue weighted by Gasteiger charge is 2.24. The van der Waals surface area contributed by atoms with Crippen LogP contribution in [0.25, 0.3) is 6.08 Å². The van der Waals surface area contributed by atoms with Crippen LogP contribution in [-0.2, 0) is 22.6 Å². The van der Waals surface area contributed by atoms with Crippen LogP contribution < -0.4 is 5.32 Å². The van der Waals surface area contributed by atoms with Crippen LogP contribution in [0.3, 0.4) is 0 Å². The zero-order valence-corrected chi connectivity index (χ0v) is 13.2. The van der Waals surface area contributed by atoms with Crippen molar-refractivity contribution in [2.24, 2.45) is 0 Å². The molecule has 1 saturated heterocycles. The molecule has 0 aliphatic carbocycles. The molecule has 1 unspecified atom stereocenters. The van der Waals surface area contributed by atoms with Crippen molar-refractivity contribution in [3.63, 3.8) is 0 Å². The van der Waals surface area contributed by atoms with Gasteiger partial charge in [-0.15, -0.1) is 0 Å². The van der Waals surface area contributed by atoms with E-state index in [0.29, 0.717) is 13.1 Å². The minimum absolute atomic E-state index is 0.0324. The Morgan fingerprint density at radius 3 is 2.78 bits per heavy atom. The Bertz CT molecular complexity index is 594. The van der Waals surface area contributed by atoms with Crippen LogP contribution in [0.4, 0.5) is 4.79 Å². The summed E-state index contributed by atoms with van der Waals surface area (Å²) >= 11 is 0. The number of rotatable bonds is 2. The molecule has 1 aromatic rings. The molecule has 23 heavy (non-hydrogen) atoms. The molecule has 1 aromatic carbocycles. The second kappa shape index (κ2) is 7.78. The zero-order valence-electron chi connectivity index (χ0n) is 13.2. The lowest BCUT2D eigenvalue weighted by Gasteiger charge is -2.09. The number of benzene rings is 1. The average Bonchev–Trinajstić information content (AvgIpc) is 3.23. The fraction of sp³-hybridized carbons (Fsp3) is 0.412. The summed E-state index contributed by atoms with van der Waals surface area (Å²) < 4.78 is 4.53. The molecule has 6 nitrogen and oxygen atoms in total. The lowest BCUT2D eigenvalue weighted by molar-refractivity contribution is -0.142. The Hall–Kier alpha value is -2.34. The first-order valence-corrected chi connectivity index (χ1v) is 7.59. The van der Waals surface area contributed by atoms with Gasteiger partial charge in [0, 0.05) is 6.54 Å². The third-order valence-corrected chi connectivity index (χ3v) is 4.06. The van der Waals surface area contributed by atoms with Crippen LogP contribution in [0.5, 0.6) is 0 Å². The van der Waals surface area contributed by atoms with E-state index in [0.717, 1.165) is 36.1 Å². The van der Waals surface area contributed by atoms with Crippen molar-refractivity contribution in [2.75, 3.05) is 13.7 Å². The van der Waals surface area contributed by atoms with E-state index in [2.05, 4.69) is 16.6 Å². The molecule has 1 amide bonds. The van der Waals surface area contributed by atoms with E-state index >= 15 is 0 Å². The second-order valence-corrected chi connectivity index (χ2v) is 5.50. The maximum absolute atomic E-state index is 10.8. The maximum atomic E-state index is 10.8. The smallest absolute Gasteiger partial charge is 0.407 e. The van der Waals surface area contributed by atoms with Crippen LogP contribution in [0, 0.1) is 0 Å². The molecule has 1 fully saturated rings. The molecule has 2 N–H and O–H groups in total. The number of esters is 1. The zero-order chi connectivity index (χ0) is 16.8. The Kier molecular flexibility index (Phi) is 5.76.